The molecule has 0 amide bonds. The summed E-state index contributed by atoms with van der Waals surface area (Å²) >= 11 is 0. The normalized spacial score (nSPS) is 20.3. The Balaban J connectivity index is 2.06. The van der Waals surface area contributed by atoms with Gasteiger partial charge < -0.3 is 9.84 Å². The first-order valence-electron chi connectivity index (χ1n) is 8.11. The van der Waals surface area contributed by atoms with Crippen LogP contribution in [0, 0.1) is 0 Å². The second-order valence-corrected chi connectivity index (χ2v) is 6.23. The van der Waals surface area contributed by atoms with Crippen LogP contribution in [0.25, 0.3) is 10.8 Å². The summed E-state index contributed by atoms with van der Waals surface area (Å²) in [5.74, 6) is 0.753. The van der Waals surface area contributed by atoms with E-state index >= 15 is 0 Å². The van der Waals surface area contributed by atoms with Crippen LogP contribution in [0.15, 0.2) is 60.7 Å². The number of hydrogen-bond donors (Lipinski definition) is 1. The molecule has 0 fully saturated rings. The number of rotatable bonds is 2. The van der Waals surface area contributed by atoms with E-state index in [0.29, 0.717) is 6.42 Å². The minimum Gasteiger partial charge on any atom is -0.496 e. The van der Waals surface area contributed by atoms with Gasteiger partial charge in [-0.05, 0) is 47.2 Å². The summed E-state index contributed by atoms with van der Waals surface area (Å²) < 4.78 is 5.63. The van der Waals surface area contributed by atoms with Gasteiger partial charge in [0.15, 0.2) is 0 Å². The van der Waals surface area contributed by atoms with Gasteiger partial charge >= 0.3 is 0 Å². The summed E-state index contributed by atoms with van der Waals surface area (Å²) in [6, 6.07) is 20.4. The Morgan fingerprint density at radius 1 is 0.957 bits per heavy atom. The third kappa shape index (κ3) is 2.13. The van der Waals surface area contributed by atoms with Gasteiger partial charge in [0.1, 0.15) is 11.4 Å². The first-order valence-corrected chi connectivity index (χ1v) is 8.11. The Bertz CT molecular complexity index is 869. The van der Waals surface area contributed by atoms with Gasteiger partial charge in [-0.15, -0.1) is 0 Å². The highest BCUT2D eigenvalue weighted by Gasteiger charge is 2.39. The Labute approximate surface area is 136 Å². The highest BCUT2D eigenvalue weighted by molar-refractivity contribution is 5.89. The molecule has 0 bridgehead atoms. The number of aliphatic hydroxyl groups is 1. The topological polar surface area (TPSA) is 29.5 Å². The van der Waals surface area contributed by atoms with E-state index in [4.69, 9.17) is 4.74 Å². The van der Waals surface area contributed by atoms with Gasteiger partial charge in [0.2, 0.25) is 0 Å². The second kappa shape index (κ2) is 5.39. The summed E-state index contributed by atoms with van der Waals surface area (Å²) in [5, 5.41) is 13.9. The minimum absolute atomic E-state index is 0.717. The maximum Gasteiger partial charge on any atom is 0.125 e. The lowest BCUT2D eigenvalue weighted by Crippen LogP contribution is -2.32. The molecule has 0 spiro atoms. The fraction of sp³-hybridized carbons (Fsp3) is 0.238. The van der Waals surface area contributed by atoms with E-state index in [1.54, 1.807) is 7.11 Å². The first-order chi connectivity index (χ1) is 11.2. The molecule has 0 saturated heterocycles. The average Bonchev–Trinajstić information content (AvgIpc) is 2.61. The van der Waals surface area contributed by atoms with E-state index in [0.717, 1.165) is 40.5 Å². The SMILES string of the molecule is COc1ccc2ccccc2c1[C@@]1(O)CCCc2ccccc21. The lowest BCUT2D eigenvalue weighted by Gasteiger charge is -2.36. The van der Waals surface area contributed by atoms with E-state index in [9.17, 15) is 5.11 Å². The Hall–Kier alpha value is -2.32. The van der Waals surface area contributed by atoms with Gasteiger partial charge in [0, 0.05) is 5.56 Å². The number of ether oxygens (including phenoxy) is 1. The quantitative estimate of drug-likeness (QED) is 0.759. The van der Waals surface area contributed by atoms with Crippen LogP contribution in [-0.2, 0) is 12.0 Å². The molecule has 1 N–H and O–H groups in total. The standard InChI is InChI=1S/C21H20O2/c1-23-19-13-12-15-7-2-4-10-17(15)20(19)21(22)14-6-9-16-8-3-5-11-18(16)21/h2-5,7-8,10-13,22H,6,9,14H2,1H3/t21-/m1/s1. The summed E-state index contributed by atoms with van der Waals surface area (Å²) in [6.45, 7) is 0. The lowest BCUT2D eigenvalue weighted by molar-refractivity contribution is 0.0605. The van der Waals surface area contributed by atoms with Crippen molar-refractivity contribution in [3.8, 4) is 5.75 Å². The van der Waals surface area contributed by atoms with Gasteiger partial charge in [0.25, 0.3) is 0 Å². The van der Waals surface area contributed by atoms with E-state index in [1.165, 1.54) is 5.56 Å². The zero-order valence-corrected chi connectivity index (χ0v) is 13.3. The summed E-state index contributed by atoms with van der Waals surface area (Å²) in [7, 11) is 1.67. The number of benzene rings is 3. The Morgan fingerprint density at radius 3 is 2.61 bits per heavy atom. The van der Waals surface area contributed by atoms with Crippen LogP contribution < -0.4 is 4.74 Å². The van der Waals surface area contributed by atoms with Crippen molar-refractivity contribution in [2.75, 3.05) is 7.11 Å². The molecule has 1 atom stereocenters. The molecule has 3 aromatic carbocycles. The fourth-order valence-corrected chi connectivity index (χ4v) is 3.92. The van der Waals surface area contributed by atoms with Gasteiger partial charge in [-0.1, -0.05) is 54.6 Å². The van der Waals surface area contributed by atoms with Crippen LogP contribution in [-0.4, -0.2) is 12.2 Å². The molecule has 0 aliphatic heterocycles. The molecule has 4 rings (SSSR count). The maximum absolute atomic E-state index is 11.7. The first kappa shape index (κ1) is 14.3. The van der Waals surface area contributed by atoms with Crippen molar-refractivity contribution >= 4 is 10.8 Å². The van der Waals surface area contributed by atoms with Gasteiger partial charge in [0.05, 0.1) is 7.11 Å². The van der Waals surface area contributed by atoms with Crippen LogP contribution >= 0.6 is 0 Å². The molecule has 0 radical (unpaired) electrons. The molecular weight excluding hydrogens is 284 g/mol. The number of aryl methyl sites for hydroxylation is 1. The predicted octanol–water partition coefficient (Wildman–Crippen LogP) is 4.42. The number of hydrogen-bond acceptors (Lipinski definition) is 2. The van der Waals surface area contributed by atoms with Crippen molar-refractivity contribution < 1.29 is 9.84 Å². The summed E-state index contributed by atoms with van der Waals surface area (Å²) in [6.07, 6.45) is 2.71. The molecule has 2 heteroatoms. The largest absolute Gasteiger partial charge is 0.496 e. The molecule has 0 heterocycles. The molecule has 1 aliphatic carbocycles. The molecule has 0 aromatic heterocycles. The van der Waals surface area contributed by atoms with Crippen molar-refractivity contribution in [3.05, 3.63) is 77.4 Å². The van der Waals surface area contributed by atoms with Crippen molar-refractivity contribution in [1.82, 2.24) is 0 Å². The zero-order chi connectivity index (χ0) is 15.9. The zero-order valence-electron chi connectivity index (χ0n) is 13.3. The third-order valence-electron chi connectivity index (χ3n) is 4.97. The Morgan fingerprint density at radius 2 is 1.74 bits per heavy atom. The fourth-order valence-electron chi connectivity index (χ4n) is 3.92. The molecule has 0 saturated carbocycles. The maximum atomic E-state index is 11.7. The van der Waals surface area contributed by atoms with Crippen LogP contribution in [0.4, 0.5) is 0 Å². The molecule has 2 nitrogen and oxygen atoms in total. The van der Waals surface area contributed by atoms with Crippen LogP contribution in [0.2, 0.25) is 0 Å². The van der Waals surface area contributed by atoms with E-state index in [-0.39, 0.29) is 0 Å². The number of fused-ring (bicyclic) bond motifs is 2. The summed E-state index contributed by atoms with van der Waals surface area (Å²) in [5.41, 5.74) is 2.14. The lowest BCUT2D eigenvalue weighted by atomic mass is 9.73. The molecule has 1 aliphatic rings. The van der Waals surface area contributed by atoms with Gasteiger partial charge in [-0.25, -0.2) is 0 Å². The molecular formula is C21H20O2. The van der Waals surface area contributed by atoms with E-state index < -0.39 is 5.60 Å². The van der Waals surface area contributed by atoms with Crippen LogP contribution in [0.1, 0.15) is 29.5 Å². The molecule has 23 heavy (non-hydrogen) atoms. The van der Waals surface area contributed by atoms with Crippen molar-refractivity contribution in [2.24, 2.45) is 0 Å². The van der Waals surface area contributed by atoms with Crippen molar-refractivity contribution in [2.45, 2.75) is 24.9 Å². The van der Waals surface area contributed by atoms with Crippen molar-refractivity contribution in [1.29, 1.82) is 0 Å². The van der Waals surface area contributed by atoms with E-state index in [2.05, 4.69) is 30.3 Å². The minimum atomic E-state index is -0.999. The van der Waals surface area contributed by atoms with Gasteiger partial charge in [-0.3, -0.25) is 0 Å². The second-order valence-electron chi connectivity index (χ2n) is 6.23. The highest BCUT2D eigenvalue weighted by Crippen LogP contribution is 2.46. The van der Waals surface area contributed by atoms with Crippen LogP contribution in [0.3, 0.4) is 0 Å². The monoisotopic (exact) mass is 304 g/mol. The summed E-state index contributed by atoms with van der Waals surface area (Å²) in [4.78, 5) is 0. The van der Waals surface area contributed by atoms with Crippen molar-refractivity contribution in [3.63, 3.8) is 0 Å². The Kier molecular flexibility index (Phi) is 3.35. The average molecular weight is 304 g/mol. The van der Waals surface area contributed by atoms with E-state index in [1.807, 2.05) is 30.3 Å². The third-order valence-corrected chi connectivity index (χ3v) is 4.97. The predicted molar refractivity (Wildman–Crippen MR) is 92.9 cm³/mol. The highest BCUT2D eigenvalue weighted by atomic mass is 16.5. The smallest absolute Gasteiger partial charge is 0.125 e. The molecule has 116 valence electrons. The van der Waals surface area contributed by atoms with Crippen LogP contribution in [0.5, 0.6) is 5.75 Å². The molecule has 0 unspecified atom stereocenters. The molecule has 3 aromatic rings. The number of methoxy groups -OCH3 is 1. The van der Waals surface area contributed by atoms with Gasteiger partial charge in [-0.2, -0.15) is 0 Å².